The minimum absolute atomic E-state index is 0.167. The largest absolute Gasteiger partial charge is 0.323 e. The molecule has 0 aliphatic heterocycles. The van der Waals surface area contributed by atoms with Crippen molar-refractivity contribution in [2.45, 2.75) is 5.03 Å². The molecule has 0 saturated carbocycles. The number of hydrogen-bond donors (Lipinski definition) is 2. The molecule has 0 unspecified atom stereocenters. The monoisotopic (exact) mass is 187 g/mol. The highest BCUT2D eigenvalue weighted by molar-refractivity contribution is 7.89. The number of nitrogens with zero attached hydrogens (tertiary/aromatic N) is 3. The van der Waals surface area contributed by atoms with Crippen LogP contribution in [-0.4, -0.2) is 18.3 Å². The first-order chi connectivity index (χ1) is 5.45. The predicted octanol–water partition coefficient (Wildman–Crippen LogP) is -1.88. The quantitative estimate of drug-likeness (QED) is 0.497. The summed E-state index contributed by atoms with van der Waals surface area (Å²) >= 11 is 0. The molecule has 0 amide bonds. The Labute approximate surface area is 68.2 Å². The van der Waals surface area contributed by atoms with Gasteiger partial charge in [-0.1, -0.05) is 0 Å². The molecule has 0 fully saturated rings. The van der Waals surface area contributed by atoms with E-state index in [1.807, 2.05) is 0 Å². The van der Waals surface area contributed by atoms with Crippen molar-refractivity contribution in [3.8, 4) is 6.07 Å². The lowest BCUT2D eigenvalue weighted by Crippen LogP contribution is -2.16. The average Bonchev–Trinajstić information content (AvgIpc) is 2.29. The minimum atomic E-state index is -3.96. The molecule has 0 radical (unpaired) electrons. The SMILES string of the molecule is N#Cc1cn(N)nc1S(N)(=O)=O. The van der Waals surface area contributed by atoms with Gasteiger partial charge in [-0.05, 0) is 0 Å². The van der Waals surface area contributed by atoms with Crippen LogP contribution in [0.4, 0.5) is 0 Å². The van der Waals surface area contributed by atoms with Crippen molar-refractivity contribution in [3.63, 3.8) is 0 Å². The van der Waals surface area contributed by atoms with E-state index in [4.69, 9.17) is 16.2 Å². The van der Waals surface area contributed by atoms with Crippen LogP contribution in [0.1, 0.15) is 5.56 Å². The number of sulfonamides is 1. The smallest absolute Gasteiger partial charge is 0.258 e. The number of aromatic nitrogens is 2. The van der Waals surface area contributed by atoms with Crippen molar-refractivity contribution in [1.82, 2.24) is 9.89 Å². The molecule has 1 aromatic rings. The third-order valence-electron chi connectivity index (χ3n) is 1.09. The fourth-order valence-electron chi connectivity index (χ4n) is 0.662. The third kappa shape index (κ3) is 1.36. The number of hydrogen-bond acceptors (Lipinski definition) is 5. The minimum Gasteiger partial charge on any atom is -0.323 e. The molecule has 1 heterocycles. The molecule has 0 bridgehead atoms. The molecule has 1 rings (SSSR count). The summed E-state index contributed by atoms with van der Waals surface area (Å²) in [4.78, 5) is 0.721. The van der Waals surface area contributed by atoms with Crippen LogP contribution in [0.3, 0.4) is 0 Å². The summed E-state index contributed by atoms with van der Waals surface area (Å²) < 4.78 is 21.4. The van der Waals surface area contributed by atoms with E-state index < -0.39 is 15.0 Å². The molecule has 0 atom stereocenters. The number of nitrogen functional groups attached to an aromatic ring is 1. The van der Waals surface area contributed by atoms with Crippen LogP contribution in [0.15, 0.2) is 11.2 Å². The lowest BCUT2D eigenvalue weighted by atomic mass is 10.4. The van der Waals surface area contributed by atoms with Gasteiger partial charge in [0.15, 0.2) is 0 Å². The summed E-state index contributed by atoms with van der Waals surface area (Å²) in [6, 6.07) is 1.60. The van der Waals surface area contributed by atoms with Crippen LogP contribution in [0, 0.1) is 11.3 Å². The van der Waals surface area contributed by atoms with Gasteiger partial charge in [-0.15, -0.1) is 5.10 Å². The zero-order valence-electron chi connectivity index (χ0n) is 5.80. The summed E-state index contributed by atoms with van der Waals surface area (Å²) in [5, 5.41) is 16.0. The summed E-state index contributed by atoms with van der Waals surface area (Å²) in [6.07, 6.45) is 1.07. The molecule has 8 heteroatoms. The Bertz CT molecular complexity index is 439. The molecule has 0 aromatic carbocycles. The van der Waals surface area contributed by atoms with Crippen LogP contribution in [0.2, 0.25) is 0 Å². The van der Waals surface area contributed by atoms with E-state index in [9.17, 15) is 8.42 Å². The maximum absolute atomic E-state index is 10.7. The van der Waals surface area contributed by atoms with Crippen molar-refractivity contribution >= 4 is 10.0 Å². The molecular weight excluding hydrogens is 182 g/mol. The van der Waals surface area contributed by atoms with Gasteiger partial charge in [-0.3, -0.25) is 0 Å². The summed E-state index contributed by atoms with van der Waals surface area (Å²) in [5.41, 5.74) is -0.167. The fraction of sp³-hybridized carbons (Fsp3) is 0. The third-order valence-corrected chi connectivity index (χ3v) is 1.93. The van der Waals surface area contributed by atoms with Crippen LogP contribution >= 0.6 is 0 Å². The Morgan fingerprint density at radius 2 is 2.25 bits per heavy atom. The van der Waals surface area contributed by atoms with Gasteiger partial charge in [-0.25, -0.2) is 13.6 Å². The van der Waals surface area contributed by atoms with Crippen LogP contribution < -0.4 is 11.0 Å². The lowest BCUT2D eigenvalue weighted by molar-refractivity contribution is 0.591. The summed E-state index contributed by atoms with van der Waals surface area (Å²) in [7, 11) is -3.96. The second-order valence-electron chi connectivity index (χ2n) is 1.98. The van der Waals surface area contributed by atoms with Crippen molar-refractivity contribution in [2.24, 2.45) is 5.14 Å². The molecule has 0 spiro atoms. The van der Waals surface area contributed by atoms with E-state index in [1.165, 1.54) is 0 Å². The first-order valence-corrected chi connectivity index (χ1v) is 4.27. The number of rotatable bonds is 1. The molecule has 0 aliphatic rings. The predicted molar refractivity (Wildman–Crippen MR) is 38.5 cm³/mol. The zero-order valence-corrected chi connectivity index (χ0v) is 6.61. The normalized spacial score (nSPS) is 11.0. The second-order valence-corrected chi connectivity index (χ2v) is 3.46. The van der Waals surface area contributed by atoms with Crippen LogP contribution in [0.25, 0.3) is 0 Å². The zero-order chi connectivity index (χ0) is 9.35. The Balaban J connectivity index is 3.46. The van der Waals surface area contributed by atoms with Crippen molar-refractivity contribution < 1.29 is 8.42 Å². The summed E-state index contributed by atoms with van der Waals surface area (Å²) in [5.74, 6) is 5.09. The standard InChI is InChI=1S/C4H5N5O2S/c5-1-3-2-9(6)8-4(3)12(7,10)11/h2H,6H2,(H2,7,10,11). The first kappa shape index (κ1) is 8.51. The maximum atomic E-state index is 10.7. The number of nitriles is 1. The van der Waals surface area contributed by atoms with Gasteiger partial charge in [0.2, 0.25) is 5.03 Å². The van der Waals surface area contributed by atoms with Crippen LogP contribution in [-0.2, 0) is 10.0 Å². The van der Waals surface area contributed by atoms with E-state index in [0.29, 0.717) is 0 Å². The Kier molecular flexibility index (Phi) is 1.75. The van der Waals surface area contributed by atoms with Crippen LogP contribution in [0.5, 0.6) is 0 Å². The molecular formula is C4H5N5O2S. The van der Waals surface area contributed by atoms with Gasteiger partial charge in [0, 0.05) is 0 Å². The molecule has 0 saturated heterocycles. The van der Waals surface area contributed by atoms with Gasteiger partial charge >= 0.3 is 0 Å². The van der Waals surface area contributed by atoms with Crippen molar-refractivity contribution in [1.29, 1.82) is 5.26 Å². The second kappa shape index (κ2) is 2.47. The first-order valence-electron chi connectivity index (χ1n) is 2.73. The highest BCUT2D eigenvalue weighted by Gasteiger charge is 2.18. The number of primary sulfonamides is 1. The molecule has 4 N–H and O–H groups in total. The van der Waals surface area contributed by atoms with Gasteiger partial charge in [0.05, 0.1) is 6.20 Å². The van der Waals surface area contributed by atoms with Crippen molar-refractivity contribution in [2.75, 3.05) is 5.84 Å². The Hall–Kier alpha value is -1.59. The molecule has 64 valence electrons. The van der Waals surface area contributed by atoms with Gasteiger partial charge < -0.3 is 5.84 Å². The van der Waals surface area contributed by atoms with Crippen molar-refractivity contribution in [3.05, 3.63) is 11.8 Å². The lowest BCUT2D eigenvalue weighted by Gasteiger charge is -1.89. The van der Waals surface area contributed by atoms with E-state index in [2.05, 4.69) is 5.10 Å². The number of nitrogens with two attached hydrogens (primary N) is 2. The van der Waals surface area contributed by atoms with Gasteiger partial charge in [0.1, 0.15) is 11.6 Å². The van der Waals surface area contributed by atoms with Gasteiger partial charge in [0.25, 0.3) is 10.0 Å². The maximum Gasteiger partial charge on any atom is 0.258 e. The van der Waals surface area contributed by atoms with E-state index in [1.54, 1.807) is 6.07 Å². The Morgan fingerprint density at radius 3 is 2.58 bits per heavy atom. The highest BCUT2D eigenvalue weighted by atomic mass is 32.2. The fourth-order valence-corrected chi connectivity index (χ4v) is 1.27. The van der Waals surface area contributed by atoms with E-state index in [0.717, 1.165) is 11.0 Å². The van der Waals surface area contributed by atoms with E-state index >= 15 is 0 Å². The van der Waals surface area contributed by atoms with E-state index in [-0.39, 0.29) is 5.56 Å². The average molecular weight is 187 g/mol. The topological polar surface area (TPSA) is 128 Å². The van der Waals surface area contributed by atoms with Gasteiger partial charge in [-0.2, -0.15) is 10.1 Å². The molecule has 1 aromatic heterocycles. The molecule has 12 heavy (non-hydrogen) atoms. The molecule has 0 aliphatic carbocycles. The Morgan fingerprint density at radius 1 is 1.67 bits per heavy atom. The summed E-state index contributed by atoms with van der Waals surface area (Å²) in [6.45, 7) is 0. The highest BCUT2D eigenvalue weighted by Crippen LogP contribution is 2.08. The molecule has 7 nitrogen and oxygen atoms in total.